The maximum absolute atomic E-state index is 13.2. The van der Waals surface area contributed by atoms with Crippen LogP contribution in [0.15, 0.2) is 47.5 Å². The highest BCUT2D eigenvalue weighted by molar-refractivity contribution is 6.13. The van der Waals surface area contributed by atoms with Crippen molar-refractivity contribution in [1.29, 1.82) is 0 Å². The number of ether oxygens (including phenoxy) is 2. The van der Waals surface area contributed by atoms with E-state index in [1.54, 1.807) is 36.4 Å². The lowest BCUT2D eigenvalue weighted by Gasteiger charge is -2.09. The van der Waals surface area contributed by atoms with Crippen molar-refractivity contribution in [1.82, 2.24) is 0 Å². The minimum atomic E-state index is 0.0320. The first-order chi connectivity index (χ1) is 14.5. The zero-order chi connectivity index (χ0) is 21.5. The second-order valence-corrected chi connectivity index (χ2v) is 7.20. The zero-order valence-electron chi connectivity index (χ0n) is 17.5. The summed E-state index contributed by atoms with van der Waals surface area (Å²) >= 11 is 0. The molecule has 0 aliphatic heterocycles. The maximum atomic E-state index is 13.2. The van der Waals surface area contributed by atoms with Gasteiger partial charge in [-0.25, -0.2) is 0 Å². The minimum absolute atomic E-state index is 0.0320. The van der Waals surface area contributed by atoms with E-state index in [-0.39, 0.29) is 17.3 Å². The highest BCUT2D eigenvalue weighted by atomic mass is 16.5. The van der Waals surface area contributed by atoms with Crippen LogP contribution < -0.4 is 9.47 Å². The Balaban J connectivity index is 1.91. The summed E-state index contributed by atoms with van der Waals surface area (Å²) in [4.78, 5) is 13.2. The Morgan fingerprint density at radius 2 is 1.23 bits per heavy atom. The van der Waals surface area contributed by atoms with E-state index in [2.05, 4.69) is 0 Å². The smallest absolute Gasteiger partial charge is 0.185 e. The van der Waals surface area contributed by atoms with E-state index in [0.29, 0.717) is 37.6 Å². The topological polar surface area (TPSA) is 76.0 Å². The van der Waals surface area contributed by atoms with Gasteiger partial charge < -0.3 is 19.7 Å². The monoisotopic (exact) mass is 408 g/mol. The van der Waals surface area contributed by atoms with Gasteiger partial charge in [0, 0.05) is 11.1 Å². The molecule has 0 spiro atoms. The summed E-state index contributed by atoms with van der Waals surface area (Å²) in [6.07, 6.45) is 7.05. The van der Waals surface area contributed by atoms with Crippen LogP contribution in [0.3, 0.4) is 0 Å². The van der Waals surface area contributed by atoms with Crippen LogP contribution in [0.2, 0.25) is 0 Å². The number of benzene rings is 2. The minimum Gasteiger partial charge on any atom is -0.504 e. The van der Waals surface area contributed by atoms with Crippen molar-refractivity contribution < 1.29 is 24.5 Å². The number of Topliss-reactive ketones (excluding diaryl/α,β-unsaturated/α-hetero) is 1. The van der Waals surface area contributed by atoms with Gasteiger partial charge in [-0.05, 0) is 87.1 Å². The number of aromatic hydroxyl groups is 2. The average Bonchev–Trinajstić information content (AvgIpc) is 2.89. The van der Waals surface area contributed by atoms with Gasteiger partial charge in [-0.2, -0.15) is 0 Å². The lowest BCUT2D eigenvalue weighted by Crippen LogP contribution is -2.04. The molecule has 0 atom stereocenters. The summed E-state index contributed by atoms with van der Waals surface area (Å²) in [6, 6.07) is 10.2. The van der Waals surface area contributed by atoms with Crippen molar-refractivity contribution in [2.24, 2.45) is 0 Å². The number of hydrogen-bond donors (Lipinski definition) is 2. The van der Waals surface area contributed by atoms with Crippen LogP contribution in [0, 0.1) is 0 Å². The summed E-state index contributed by atoms with van der Waals surface area (Å²) in [5, 5.41) is 19.8. The first-order valence-corrected chi connectivity index (χ1v) is 10.4. The van der Waals surface area contributed by atoms with E-state index < -0.39 is 0 Å². The number of carbonyl (C=O) groups is 1. The molecule has 1 aliphatic carbocycles. The zero-order valence-corrected chi connectivity index (χ0v) is 17.5. The molecule has 0 heterocycles. The van der Waals surface area contributed by atoms with Gasteiger partial charge >= 0.3 is 0 Å². The van der Waals surface area contributed by atoms with Crippen LogP contribution in [-0.2, 0) is 4.79 Å². The number of rotatable bonds is 6. The van der Waals surface area contributed by atoms with Gasteiger partial charge in [0.05, 0.1) is 13.2 Å². The molecular weight excluding hydrogens is 380 g/mol. The van der Waals surface area contributed by atoms with E-state index >= 15 is 0 Å². The third-order valence-corrected chi connectivity index (χ3v) is 4.97. The van der Waals surface area contributed by atoms with Gasteiger partial charge in [-0.1, -0.05) is 12.1 Å². The molecule has 0 saturated heterocycles. The number of allylic oxidation sites excluding steroid dienone is 2. The molecule has 3 rings (SSSR count). The standard InChI is InChI=1S/C25H28O5/c1-3-29-23-15-17(9-11-21(23)26)13-19-7-5-6-8-20(25(19)28)14-18-10-12-22(27)24(16-18)30-4-2/h9-16,26-27H,3-8H2,1-2H3/b19-13+,20-14+. The third kappa shape index (κ3) is 5.23. The number of phenols is 2. The van der Waals surface area contributed by atoms with E-state index in [4.69, 9.17) is 9.47 Å². The first-order valence-electron chi connectivity index (χ1n) is 10.4. The van der Waals surface area contributed by atoms with E-state index in [0.717, 1.165) is 35.1 Å². The molecule has 1 fully saturated rings. The van der Waals surface area contributed by atoms with Crippen LogP contribution in [-0.4, -0.2) is 29.2 Å². The van der Waals surface area contributed by atoms with Crippen LogP contribution in [0.4, 0.5) is 0 Å². The molecule has 0 radical (unpaired) electrons. The summed E-state index contributed by atoms with van der Waals surface area (Å²) < 4.78 is 10.9. The van der Waals surface area contributed by atoms with Crippen LogP contribution in [0.25, 0.3) is 12.2 Å². The second kappa shape index (κ2) is 10.0. The summed E-state index contributed by atoms with van der Waals surface area (Å²) in [5.74, 6) is 1.03. The Morgan fingerprint density at radius 1 is 0.800 bits per heavy atom. The third-order valence-electron chi connectivity index (χ3n) is 4.97. The predicted octanol–water partition coefficient (Wildman–Crippen LogP) is 5.51. The van der Waals surface area contributed by atoms with Crippen LogP contribution in [0.5, 0.6) is 23.0 Å². The summed E-state index contributed by atoms with van der Waals surface area (Å²) in [6.45, 7) is 4.62. The molecule has 0 aromatic heterocycles. The Labute approximate surface area is 177 Å². The molecule has 2 N–H and O–H groups in total. The Morgan fingerprint density at radius 3 is 1.63 bits per heavy atom. The second-order valence-electron chi connectivity index (χ2n) is 7.20. The molecule has 158 valence electrons. The average molecular weight is 408 g/mol. The summed E-state index contributed by atoms with van der Waals surface area (Å²) in [5.41, 5.74) is 3.14. The van der Waals surface area contributed by atoms with Crippen LogP contribution in [0.1, 0.15) is 50.7 Å². The molecular formula is C25H28O5. The largest absolute Gasteiger partial charge is 0.504 e. The van der Waals surface area contributed by atoms with Gasteiger partial charge in [0.25, 0.3) is 0 Å². The molecule has 5 heteroatoms. The molecule has 0 bridgehead atoms. The SMILES string of the molecule is CCOc1cc(/C=C2\CCCC/C(=C\c3ccc(O)c(OCC)c3)C2=O)ccc1O. The number of carbonyl (C=O) groups excluding carboxylic acids is 1. The fraction of sp³-hybridized carbons (Fsp3) is 0.320. The van der Waals surface area contributed by atoms with Gasteiger partial charge in [0.1, 0.15) is 0 Å². The Bertz CT molecular complexity index is 894. The quantitative estimate of drug-likeness (QED) is 0.487. The summed E-state index contributed by atoms with van der Waals surface area (Å²) in [7, 11) is 0. The molecule has 30 heavy (non-hydrogen) atoms. The van der Waals surface area contributed by atoms with Crippen molar-refractivity contribution in [3.05, 3.63) is 58.7 Å². The molecule has 1 aliphatic rings. The van der Waals surface area contributed by atoms with Gasteiger partial charge in [-0.15, -0.1) is 0 Å². The molecule has 0 unspecified atom stereocenters. The van der Waals surface area contributed by atoms with Crippen molar-refractivity contribution in [2.45, 2.75) is 39.5 Å². The van der Waals surface area contributed by atoms with Crippen molar-refractivity contribution >= 4 is 17.9 Å². The predicted molar refractivity (Wildman–Crippen MR) is 118 cm³/mol. The lowest BCUT2D eigenvalue weighted by atomic mass is 9.97. The van der Waals surface area contributed by atoms with Gasteiger partial charge in [0.15, 0.2) is 28.8 Å². The maximum Gasteiger partial charge on any atom is 0.185 e. The first kappa shape index (κ1) is 21.5. The van der Waals surface area contributed by atoms with Crippen molar-refractivity contribution in [2.75, 3.05) is 13.2 Å². The van der Waals surface area contributed by atoms with E-state index in [1.807, 2.05) is 26.0 Å². The normalized spacial score (nSPS) is 17.2. The van der Waals surface area contributed by atoms with Gasteiger partial charge in [-0.3, -0.25) is 4.79 Å². The molecule has 1 saturated carbocycles. The van der Waals surface area contributed by atoms with Crippen molar-refractivity contribution in [3.63, 3.8) is 0 Å². The van der Waals surface area contributed by atoms with E-state index in [1.165, 1.54) is 0 Å². The number of hydrogen-bond acceptors (Lipinski definition) is 5. The molecule has 2 aromatic carbocycles. The molecule has 2 aromatic rings. The highest BCUT2D eigenvalue weighted by Crippen LogP contribution is 2.32. The van der Waals surface area contributed by atoms with Gasteiger partial charge in [0.2, 0.25) is 0 Å². The number of phenolic OH excluding ortho intramolecular Hbond substituents is 2. The Kier molecular flexibility index (Phi) is 7.17. The molecule has 5 nitrogen and oxygen atoms in total. The fourth-order valence-electron chi connectivity index (χ4n) is 3.53. The molecule has 0 amide bonds. The van der Waals surface area contributed by atoms with E-state index in [9.17, 15) is 15.0 Å². The Hall–Kier alpha value is -3.21. The fourth-order valence-corrected chi connectivity index (χ4v) is 3.53. The lowest BCUT2D eigenvalue weighted by molar-refractivity contribution is -0.112. The highest BCUT2D eigenvalue weighted by Gasteiger charge is 2.19. The van der Waals surface area contributed by atoms with Crippen LogP contribution >= 0.6 is 0 Å². The van der Waals surface area contributed by atoms with Crippen molar-refractivity contribution in [3.8, 4) is 23.0 Å². The number of ketones is 1.